The topological polar surface area (TPSA) is 133 Å². The minimum Gasteiger partial charge on any atom is -0.465 e. The minimum absolute atomic E-state index is 0.0393. The highest BCUT2D eigenvalue weighted by atomic mass is 35.5. The number of anilines is 1. The van der Waals surface area contributed by atoms with Crippen molar-refractivity contribution in [2.45, 2.75) is 6.54 Å². The molecule has 0 aliphatic rings. The maximum Gasteiger partial charge on any atom is 0.339 e. The lowest BCUT2D eigenvalue weighted by Crippen LogP contribution is -2.29. The highest BCUT2D eigenvalue weighted by Crippen LogP contribution is 2.17. The summed E-state index contributed by atoms with van der Waals surface area (Å²) in [5.74, 6) is -1.57. The number of pyridine rings is 2. The lowest BCUT2D eigenvalue weighted by molar-refractivity contribution is -0.386. The number of amides is 1. The molecule has 10 nitrogen and oxygen atoms in total. The van der Waals surface area contributed by atoms with Gasteiger partial charge in [-0.15, -0.1) is 0 Å². The number of ether oxygens (including phenoxy) is 1. The molecule has 0 aromatic carbocycles. The number of nitrogens with zero attached hydrogens (tertiary/aromatic N) is 3. The van der Waals surface area contributed by atoms with Crippen molar-refractivity contribution < 1.29 is 19.2 Å². The Morgan fingerprint density at radius 1 is 1.48 bits per heavy atom. The number of carbonyl (C=O) groups excluding carboxylic acids is 2. The number of hydrogen-bond acceptors (Lipinski definition) is 7. The fourth-order valence-electron chi connectivity index (χ4n) is 1.92. The van der Waals surface area contributed by atoms with Gasteiger partial charge in [0.2, 0.25) is 5.91 Å². The second-order valence-corrected chi connectivity index (χ2v) is 5.04. The predicted octanol–water partition coefficient (Wildman–Crippen LogP) is 1.23. The Morgan fingerprint density at radius 2 is 2.20 bits per heavy atom. The Kier molecular flexibility index (Phi) is 5.45. The molecule has 0 aliphatic carbocycles. The summed E-state index contributed by atoms with van der Waals surface area (Å²) in [6.45, 7) is -0.574. The summed E-state index contributed by atoms with van der Waals surface area (Å²) in [5.41, 5.74) is -1.91. The molecular formula is C14H11ClN4O6. The number of halogens is 1. The van der Waals surface area contributed by atoms with Crippen LogP contribution >= 0.6 is 11.6 Å². The summed E-state index contributed by atoms with van der Waals surface area (Å²) in [6, 6.07) is 3.82. The normalized spacial score (nSPS) is 10.2. The molecule has 11 heteroatoms. The van der Waals surface area contributed by atoms with Crippen molar-refractivity contribution in [3.8, 4) is 0 Å². The van der Waals surface area contributed by atoms with E-state index in [-0.39, 0.29) is 16.4 Å². The van der Waals surface area contributed by atoms with Gasteiger partial charge in [-0.25, -0.2) is 9.78 Å². The summed E-state index contributed by atoms with van der Waals surface area (Å²) in [4.78, 5) is 49.5. The van der Waals surface area contributed by atoms with Crippen LogP contribution in [0.3, 0.4) is 0 Å². The zero-order chi connectivity index (χ0) is 18.6. The van der Waals surface area contributed by atoms with Gasteiger partial charge in [0.1, 0.15) is 6.54 Å². The molecule has 0 fully saturated rings. The van der Waals surface area contributed by atoms with Crippen LogP contribution in [0.2, 0.25) is 5.15 Å². The third-order valence-corrected chi connectivity index (χ3v) is 3.33. The Hall–Kier alpha value is -3.27. The zero-order valence-electron chi connectivity index (χ0n) is 12.8. The van der Waals surface area contributed by atoms with Crippen molar-refractivity contribution in [1.29, 1.82) is 0 Å². The van der Waals surface area contributed by atoms with Crippen LogP contribution in [-0.2, 0) is 16.1 Å². The van der Waals surface area contributed by atoms with Crippen LogP contribution in [0.1, 0.15) is 10.4 Å². The average molecular weight is 367 g/mol. The lowest BCUT2D eigenvalue weighted by Gasteiger charge is -2.09. The first kappa shape index (κ1) is 18.1. The first-order chi connectivity index (χ1) is 11.8. The van der Waals surface area contributed by atoms with Gasteiger partial charge in [0, 0.05) is 18.5 Å². The van der Waals surface area contributed by atoms with E-state index in [1.807, 2.05) is 0 Å². The Balaban J connectivity index is 2.34. The summed E-state index contributed by atoms with van der Waals surface area (Å²) >= 11 is 5.81. The fraction of sp³-hybridized carbons (Fsp3) is 0.143. The number of nitro groups is 1. The lowest BCUT2D eigenvalue weighted by atomic mass is 10.2. The van der Waals surface area contributed by atoms with Gasteiger partial charge in [0.05, 0.1) is 23.3 Å². The van der Waals surface area contributed by atoms with Crippen LogP contribution in [0.15, 0.2) is 35.4 Å². The number of rotatable bonds is 5. The number of nitrogens with one attached hydrogen (secondary N) is 1. The first-order valence-electron chi connectivity index (χ1n) is 6.71. The fourth-order valence-corrected chi connectivity index (χ4v) is 2.09. The van der Waals surface area contributed by atoms with E-state index in [2.05, 4.69) is 15.0 Å². The summed E-state index contributed by atoms with van der Waals surface area (Å²) in [6.07, 6.45) is 2.43. The van der Waals surface area contributed by atoms with Gasteiger partial charge in [-0.2, -0.15) is 0 Å². The molecule has 130 valence electrons. The SMILES string of the molecule is COC(=O)c1cc([N+](=O)[O-])c(=O)n(CC(=O)Nc2cccnc2Cl)c1. The molecule has 0 radical (unpaired) electrons. The Labute approximate surface area is 145 Å². The van der Waals surface area contributed by atoms with Crippen molar-refractivity contribution in [2.24, 2.45) is 0 Å². The molecule has 25 heavy (non-hydrogen) atoms. The molecule has 1 N–H and O–H groups in total. The quantitative estimate of drug-likeness (QED) is 0.364. The predicted molar refractivity (Wildman–Crippen MR) is 86.6 cm³/mol. The van der Waals surface area contributed by atoms with Crippen LogP contribution in [0.25, 0.3) is 0 Å². The molecule has 2 aromatic heterocycles. The second-order valence-electron chi connectivity index (χ2n) is 4.69. The standard InChI is InChI=1S/C14H11ClN4O6/c1-25-14(22)8-5-10(19(23)24)13(21)18(6-8)7-11(20)17-9-3-2-4-16-12(9)15/h2-6H,7H2,1H3,(H,17,20). The second kappa shape index (κ2) is 7.53. The van der Waals surface area contributed by atoms with E-state index in [1.54, 1.807) is 0 Å². The van der Waals surface area contributed by atoms with Gasteiger partial charge in [0.15, 0.2) is 5.15 Å². The van der Waals surface area contributed by atoms with Crippen molar-refractivity contribution >= 4 is 34.9 Å². The molecule has 0 saturated carbocycles. The largest absolute Gasteiger partial charge is 0.465 e. The van der Waals surface area contributed by atoms with E-state index in [9.17, 15) is 24.5 Å². The average Bonchev–Trinajstić information content (AvgIpc) is 2.57. The maximum absolute atomic E-state index is 12.1. The van der Waals surface area contributed by atoms with Crippen LogP contribution in [0, 0.1) is 10.1 Å². The summed E-state index contributed by atoms with van der Waals surface area (Å²) < 4.78 is 5.22. The van der Waals surface area contributed by atoms with Crippen molar-refractivity contribution in [3.05, 3.63) is 61.8 Å². The first-order valence-corrected chi connectivity index (χ1v) is 7.09. The van der Waals surface area contributed by atoms with E-state index in [0.717, 1.165) is 23.9 Å². The summed E-state index contributed by atoms with van der Waals surface area (Å²) in [7, 11) is 1.08. The number of methoxy groups -OCH3 is 1. The Morgan fingerprint density at radius 3 is 2.80 bits per heavy atom. The van der Waals surface area contributed by atoms with Crippen molar-refractivity contribution in [1.82, 2.24) is 9.55 Å². The molecule has 0 atom stereocenters. The molecule has 2 rings (SSSR count). The third-order valence-electron chi connectivity index (χ3n) is 3.03. The molecule has 0 bridgehead atoms. The monoisotopic (exact) mass is 366 g/mol. The van der Waals surface area contributed by atoms with Gasteiger partial charge in [-0.3, -0.25) is 24.3 Å². The third kappa shape index (κ3) is 4.18. The van der Waals surface area contributed by atoms with E-state index in [0.29, 0.717) is 0 Å². The minimum atomic E-state index is -1.04. The van der Waals surface area contributed by atoms with Crippen LogP contribution < -0.4 is 10.9 Å². The number of hydrogen-bond donors (Lipinski definition) is 1. The number of aromatic nitrogens is 2. The molecular weight excluding hydrogens is 356 g/mol. The molecule has 1 amide bonds. The summed E-state index contributed by atoms with van der Waals surface area (Å²) in [5, 5.41) is 13.4. The van der Waals surface area contributed by atoms with E-state index in [4.69, 9.17) is 11.6 Å². The van der Waals surface area contributed by atoms with Crippen molar-refractivity contribution in [2.75, 3.05) is 12.4 Å². The number of esters is 1. The molecule has 0 saturated heterocycles. The molecule has 2 heterocycles. The van der Waals surface area contributed by atoms with Crippen LogP contribution in [0.4, 0.5) is 11.4 Å². The Bertz CT molecular complexity index is 910. The van der Waals surface area contributed by atoms with Gasteiger partial charge in [0.25, 0.3) is 0 Å². The van der Waals surface area contributed by atoms with Gasteiger partial charge in [-0.05, 0) is 12.1 Å². The van der Waals surface area contributed by atoms with E-state index in [1.165, 1.54) is 18.3 Å². The van der Waals surface area contributed by atoms with Gasteiger partial charge in [-0.1, -0.05) is 11.6 Å². The van der Waals surface area contributed by atoms with E-state index >= 15 is 0 Å². The highest BCUT2D eigenvalue weighted by molar-refractivity contribution is 6.32. The molecule has 0 unspecified atom stereocenters. The van der Waals surface area contributed by atoms with Crippen molar-refractivity contribution in [3.63, 3.8) is 0 Å². The highest BCUT2D eigenvalue weighted by Gasteiger charge is 2.21. The molecule has 0 spiro atoms. The molecule has 2 aromatic rings. The van der Waals surface area contributed by atoms with E-state index < -0.39 is 34.6 Å². The maximum atomic E-state index is 12.1. The number of carbonyl (C=O) groups is 2. The van der Waals surface area contributed by atoms with Gasteiger partial charge >= 0.3 is 17.2 Å². The molecule has 0 aliphatic heterocycles. The van der Waals surface area contributed by atoms with Crippen LogP contribution in [0.5, 0.6) is 0 Å². The van der Waals surface area contributed by atoms with Gasteiger partial charge < -0.3 is 10.1 Å². The zero-order valence-corrected chi connectivity index (χ0v) is 13.5. The smallest absolute Gasteiger partial charge is 0.339 e. The van der Waals surface area contributed by atoms with Crippen LogP contribution in [-0.4, -0.2) is 33.5 Å².